The zero-order chi connectivity index (χ0) is 16.8. The molecule has 0 aliphatic carbocycles. The van der Waals surface area contributed by atoms with E-state index in [-0.39, 0.29) is 5.75 Å². The monoisotopic (exact) mass is 344 g/mol. The molecule has 3 rings (SSSR count). The minimum atomic E-state index is -3.27. The van der Waals surface area contributed by atoms with Crippen molar-refractivity contribution in [1.82, 2.24) is 10.2 Å². The Morgan fingerprint density at radius 1 is 1.04 bits per heavy atom. The van der Waals surface area contributed by atoms with E-state index in [0.29, 0.717) is 29.6 Å². The maximum atomic E-state index is 12.2. The molecule has 0 fully saturated rings. The van der Waals surface area contributed by atoms with E-state index in [1.807, 2.05) is 12.1 Å². The molecular weight excluding hydrogens is 328 g/mol. The molecule has 0 unspecified atom stereocenters. The molecule has 24 heavy (non-hydrogen) atoms. The van der Waals surface area contributed by atoms with Crippen LogP contribution in [0.25, 0.3) is 11.5 Å². The first-order valence-electron chi connectivity index (χ1n) is 7.42. The summed E-state index contributed by atoms with van der Waals surface area (Å²) in [6.07, 6.45) is 1.67. The van der Waals surface area contributed by atoms with Gasteiger partial charge in [0.15, 0.2) is 9.84 Å². The Hall–Kier alpha value is -2.67. The number of aromatic nitrogens is 2. The average Bonchev–Trinajstić information content (AvgIpc) is 3.15. The molecule has 0 saturated carbocycles. The molecule has 0 spiro atoms. The summed E-state index contributed by atoms with van der Waals surface area (Å²) in [5.74, 6) is 1.08. The Bertz CT molecular complexity index is 878. The van der Waals surface area contributed by atoms with Crippen LogP contribution in [0.15, 0.2) is 70.3 Å². The van der Waals surface area contributed by atoms with Gasteiger partial charge < -0.3 is 9.15 Å². The highest BCUT2D eigenvalue weighted by Crippen LogP contribution is 2.22. The van der Waals surface area contributed by atoms with E-state index in [1.54, 1.807) is 42.5 Å². The predicted octanol–water partition coefficient (Wildman–Crippen LogP) is 2.98. The number of rotatable bonds is 7. The maximum Gasteiger partial charge on any atom is 0.247 e. The highest BCUT2D eigenvalue weighted by molar-refractivity contribution is 7.91. The van der Waals surface area contributed by atoms with Crippen LogP contribution in [0.2, 0.25) is 0 Å². The fourth-order valence-corrected chi connectivity index (χ4v) is 3.51. The second-order valence-corrected chi connectivity index (χ2v) is 7.21. The Morgan fingerprint density at radius 2 is 1.88 bits per heavy atom. The van der Waals surface area contributed by atoms with Gasteiger partial charge in [-0.05, 0) is 36.8 Å². The first-order chi connectivity index (χ1) is 11.6. The molecule has 2 aromatic carbocycles. The van der Waals surface area contributed by atoms with Crippen molar-refractivity contribution in [3.8, 4) is 17.2 Å². The van der Waals surface area contributed by atoms with Gasteiger partial charge in [-0.2, -0.15) is 0 Å². The van der Waals surface area contributed by atoms with Crippen molar-refractivity contribution in [2.75, 3.05) is 12.4 Å². The van der Waals surface area contributed by atoms with E-state index in [9.17, 15) is 8.42 Å². The van der Waals surface area contributed by atoms with Gasteiger partial charge in [0, 0.05) is 5.56 Å². The van der Waals surface area contributed by atoms with Crippen molar-refractivity contribution in [3.05, 3.63) is 61.0 Å². The maximum absolute atomic E-state index is 12.2. The van der Waals surface area contributed by atoms with Crippen LogP contribution in [0.1, 0.15) is 6.42 Å². The van der Waals surface area contributed by atoms with Crippen molar-refractivity contribution in [2.24, 2.45) is 0 Å². The van der Waals surface area contributed by atoms with Crippen LogP contribution in [-0.4, -0.2) is 31.0 Å². The summed E-state index contributed by atoms with van der Waals surface area (Å²) >= 11 is 0. The smallest absolute Gasteiger partial charge is 0.247 e. The second kappa shape index (κ2) is 7.27. The topological polar surface area (TPSA) is 82.3 Å². The van der Waals surface area contributed by atoms with E-state index in [1.165, 1.54) is 6.39 Å². The quantitative estimate of drug-likeness (QED) is 0.613. The standard InChI is InChI=1S/C17H16N2O4S/c20-24(21,16-8-2-1-3-9-16)11-5-10-22-15-7-4-6-14(12-15)17-19-18-13-23-17/h1-4,6-9,12-13H,5,10-11H2. The lowest BCUT2D eigenvalue weighted by atomic mass is 10.2. The predicted molar refractivity (Wildman–Crippen MR) is 88.3 cm³/mol. The molecule has 0 radical (unpaired) electrons. The molecule has 0 N–H and O–H groups in total. The number of hydrogen-bond acceptors (Lipinski definition) is 6. The fraction of sp³-hybridized carbons (Fsp3) is 0.176. The molecule has 6 nitrogen and oxygen atoms in total. The average molecular weight is 344 g/mol. The summed E-state index contributed by atoms with van der Waals surface area (Å²) in [5, 5.41) is 7.47. The molecule has 0 amide bonds. The lowest BCUT2D eigenvalue weighted by Gasteiger charge is -2.08. The van der Waals surface area contributed by atoms with Gasteiger partial charge in [0.1, 0.15) is 5.75 Å². The lowest BCUT2D eigenvalue weighted by Crippen LogP contribution is -2.10. The van der Waals surface area contributed by atoms with Crippen molar-refractivity contribution >= 4 is 9.84 Å². The molecule has 1 heterocycles. The number of ether oxygens (including phenoxy) is 1. The summed E-state index contributed by atoms with van der Waals surface area (Å²) in [4.78, 5) is 0.336. The summed E-state index contributed by atoms with van der Waals surface area (Å²) < 4.78 is 35.1. The molecule has 3 aromatic rings. The van der Waals surface area contributed by atoms with Gasteiger partial charge >= 0.3 is 0 Å². The highest BCUT2D eigenvalue weighted by Gasteiger charge is 2.13. The van der Waals surface area contributed by atoms with Crippen LogP contribution in [0, 0.1) is 0 Å². The number of sulfone groups is 1. The first kappa shape index (κ1) is 16.2. The normalized spacial score (nSPS) is 11.3. The van der Waals surface area contributed by atoms with E-state index in [0.717, 1.165) is 5.56 Å². The lowest BCUT2D eigenvalue weighted by molar-refractivity contribution is 0.317. The van der Waals surface area contributed by atoms with Gasteiger partial charge in [0.2, 0.25) is 12.3 Å². The molecule has 0 bridgehead atoms. The Balaban J connectivity index is 1.55. The molecular formula is C17H16N2O4S. The molecule has 0 aliphatic heterocycles. The number of nitrogens with zero attached hydrogens (tertiary/aromatic N) is 2. The molecule has 0 aliphatic rings. The first-order valence-corrected chi connectivity index (χ1v) is 9.07. The van der Waals surface area contributed by atoms with E-state index >= 15 is 0 Å². The number of benzene rings is 2. The van der Waals surface area contributed by atoms with E-state index in [4.69, 9.17) is 9.15 Å². The van der Waals surface area contributed by atoms with Gasteiger partial charge in [-0.3, -0.25) is 0 Å². The number of hydrogen-bond donors (Lipinski definition) is 0. The zero-order valence-electron chi connectivity index (χ0n) is 12.8. The summed E-state index contributed by atoms with van der Waals surface area (Å²) in [6.45, 7) is 0.305. The van der Waals surface area contributed by atoms with Crippen LogP contribution in [0.3, 0.4) is 0 Å². The molecule has 0 saturated heterocycles. The second-order valence-electron chi connectivity index (χ2n) is 5.11. The summed E-state index contributed by atoms with van der Waals surface area (Å²) in [5.41, 5.74) is 0.752. The third-order valence-electron chi connectivity index (χ3n) is 3.37. The summed E-state index contributed by atoms with van der Waals surface area (Å²) in [6, 6.07) is 15.6. The van der Waals surface area contributed by atoms with Crippen molar-refractivity contribution < 1.29 is 17.6 Å². The highest BCUT2D eigenvalue weighted by atomic mass is 32.2. The minimum Gasteiger partial charge on any atom is -0.494 e. The van der Waals surface area contributed by atoms with Crippen LogP contribution >= 0.6 is 0 Å². The van der Waals surface area contributed by atoms with Crippen LogP contribution in [-0.2, 0) is 9.84 Å². The van der Waals surface area contributed by atoms with Gasteiger partial charge in [-0.15, -0.1) is 10.2 Å². The van der Waals surface area contributed by atoms with Crippen molar-refractivity contribution in [2.45, 2.75) is 11.3 Å². The third-order valence-corrected chi connectivity index (χ3v) is 5.19. The van der Waals surface area contributed by atoms with E-state index in [2.05, 4.69) is 10.2 Å². The van der Waals surface area contributed by atoms with Gasteiger partial charge in [0.25, 0.3) is 0 Å². The molecule has 1 aromatic heterocycles. The minimum absolute atomic E-state index is 0.0420. The van der Waals surface area contributed by atoms with E-state index < -0.39 is 9.84 Å². The van der Waals surface area contributed by atoms with Gasteiger partial charge in [-0.1, -0.05) is 24.3 Å². The van der Waals surface area contributed by atoms with Crippen LogP contribution in [0.5, 0.6) is 5.75 Å². The van der Waals surface area contributed by atoms with Crippen LogP contribution in [0.4, 0.5) is 0 Å². The van der Waals surface area contributed by atoms with Crippen LogP contribution < -0.4 is 4.74 Å². The van der Waals surface area contributed by atoms with Gasteiger partial charge in [-0.25, -0.2) is 8.42 Å². The van der Waals surface area contributed by atoms with Crippen molar-refractivity contribution in [3.63, 3.8) is 0 Å². The Morgan fingerprint density at radius 3 is 2.62 bits per heavy atom. The molecule has 124 valence electrons. The van der Waals surface area contributed by atoms with Crippen molar-refractivity contribution in [1.29, 1.82) is 0 Å². The fourth-order valence-electron chi connectivity index (χ4n) is 2.20. The Kier molecular flexibility index (Phi) is 4.90. The largest absolute Gasteiger partial charge is 0.494 e. The SMILES string of the molecule is O=S(=O)(CCCOc1cccc(-c2nnco2)c1)c1ccccc1. The zero-order valence-corrected chi connectivity index (χ0v) is 13.6. The summed E-state index contributed by atoms with van der Waals surface area (Å²) in [7, 11) is -3.27. The Labute approximate surface area is 140 Å². The third kappa shape index (κ3) is 3.99. The van der Waals surface area contributed by atoms with Gasteiger partial charge in [0.05, 0.1) is 17.3 Å². The molecule has 0 atom stereocenters. The molecule has 7 heteroatoms.